The predicted octanol–water partition coefficient (Wildman–Crippen LogP) is 1.98. The van der Waals surface area contributed by atoms with Crippen molar-refractivity contribution in [2.45, 2.75) is 26.7 Å². The van der Waals surface area contributed by atoms with E-state index in [0.717, 1.165) is 12.8 Å². The van der Waals surface area contributed by atoms with Gasteiger partial charge in [-0.1, -0.05) is 13.8 Å². The highest BCUT2D eigenvalue weighted by Crippen LogP contribution is 2.08. The summed E-state index contributed by atoms with van der Waals surface area (Å²) in [6.45, 7) is 4.20. The Kier molecular flexibility index (Phi) is 4.10. The highest BCUT2D eigenvalue weighted by molar-refractivity contribution is 4.71. The number of methoxy groups -OCH3 is 1. The van der Waals surface area contributed by atoms with E-state index in [4.69, 9.17) is 4.74 Å². The van der Waals surface area contributed by atoms with Gasteiger partial charge in [-0.3, -0.25) is 0 Å². The number of rotatable bonds is 3. The maximum Gasteiger partial charge on any atom is 0.0961 e. The van der Waals surface area contributed by atoms with E-state index in [1.165, 1.54) is 6.10 Å². The maximum atomic E-state index is 4.97. The molecule has 0 fully saturated rings. The van der Waals surface area contributed by atoms with Crippen LogP contribution in [0.1, 0.15) is 26.7 Å². The van der Waals surface area contributed by atoms with Crippen LogP contribution < -0.4 is 0 Å². The Labute approximate surface area is 45.7 Å². The summed E-state index contributed by atoms with van der Waals surface area (Å²) in [6, 6.07) is 0. The molecule has 7 heavy (non-hydrogen) atoms. The largest absolute Gasteiger partial charge is 0.375 e. The van der Waals surface area contributed by atoms with Crippen molar-refractivity contribution >= 4 is 0 Å². The van der Waals surface area contributed by atoms with Gasteiger partial charge in [-0.25, -0.2) is 0 Å². The SMILES string of the molecule is CC[C](CC)OC. The van der Waals surface area contributed by atoms with Crippen molar-refractivity contribution in [3.8, 4) is 0 Å². The standard InChI is InChI=1S/C6H13O/c1-4-6(5-2)7-3/h4-5H2,1-3H3. The van der Waals surface area contributed by atoms with Crippen LogP contribution in [0.4, 0.5) is 0 Å². The summed E-state index contributed by atoms with van der Waals surface area (Å²) in [5.41, 5.74) is 0. The molecular formula is C6H13O. The first-order chi connectivity index (χ1) is 3.35. The second kappa shape index (κ2) is 4.13. The third-order valence-corrected chi connectivity index (χ3v) is 1.08. The Bertz CT molecular complexity index is 25.7. The minimum absolute atomic E-state index is 1.05. The smallest absolute Gasteiger partial charge is 0.0961 e. The molecule has 0 rings (SSSR count). The zero-order valence-corrected chi connectivity index (χ0v) is 5.32. The predicted molar refractivity (Wildman–Crippen MR) is 30.8 cm³/mol. The third-order valence-electron chi connectivity index (χ3n) is 1.08. The van der Waals surface area contributed by atoms with Gasteiger partial charge in [0.1, 0.15) is 0 Å². The van der Waals surface area contributed by atoms with Crippen LogP contribution in [-0.2, 0) is 4.74 Å². The molecule has 0 unspecified atom stereocenters. The topological polar surface area (TPSA) is 9.23 Å². The maximum absolute atomic E-state index is 4.97. The van der Waals surface area contributed by atoms with Crippen molar-refractivity contribution in [2.75, 3.05) is 7.11 Å². The monoisotopic (exact) mass is 101 g/mol. The third kappa shape index (κ3) is 2.63. The van der Waals surface area contributed by atoms with Crippen molar-refractivity contribution in [1.82, 2.24) is 0 Å². The fraction of sp³-hybridized carbons (Fsp3) is 0.833. The summed E-state index contributed by atoms with van der Waals surface area (Å²) in [4.78, 5) is 0. The van der Waals surface area contributed by atoms with Crippen molar-refractivity contribution in [3.63, 3.8) is 0 Å². The van der Waals surface area contributed by atoms with Gasteiger partial charge in [-0.2, -0.15) is 0 Å². The lowest BCUT2D eigenvalue weighted by Gasteiger charge is -2.05. The van der Waals surface area contributed by atoms with E-state index in [9.17, 15) is 0 Å². The van der Waals surface area contributed by atoms with Crippen LogP contribution in [0.25, 0.3) is 0 Å². The summed E-state index contributed by atoms with van der Waals surface area (Å²) < 4.78 is 4.97. The molecule has 0 amide bonds. The second-order valence-corrected chi connectivity index (χ2v) is 1.45. The first kappa shape index (κ1) is 6.96. The zero-order valence-electron chi connectivity index (χ0n) is 5.32. The molecule has 0 heterocycles. The van der Waals surface area contributed by atoms with Gasteiger partial charge in [0.25, 0.3) is 0 Å². The molecule has 0 spiro atoms. The van der Waals surface area contributed by atoms with Crippen LogP contribution in [-0.4, -0.2) is 7.11 Å². The molecule has 0 aliphatic heterocycles. The van der Waals surface area contributed by atoms with Crippen LogP contribution in [0.5, 0.6) is 0 Å². The van der Waals surface area contributed by atoms with Gasteiger partial charge in [-0.15, -0.1) is 0 Å². The number of ether oxygens (including phenoxy) is 1. The Morgan fingerprint density at radius 2 is 1.71 bits per heavy atom. The van der Waals surface area contributed by atoms with Gasteiger partial charge in [0, 0.05) is 7.11 Å². The Hall–Kier alpha value is -0.0400. The van der Waals surface area contributed by atoms with Gasteiger partial charge in [0.05, 0.1) is 6.10 Å². The molecular weight excluding hydrogens is 88.1 g/mol. The molecule has 0 saturated carbocycles. The first-order valence-corrected chi connectivity index (χ1v) is 2.73. The van der Waals surface area contributed by atoms with Crippen LogP contribution in [0.3, 0.4) is 0 Å². The van der Waals surface area contributed by atoms with E-state index in [2.05, 4.69) is 13.8 Å². The molecule has 0 bridgehead atoms. The van der Waals surface area contributed by atoms with Crippen molar-refractivity contribution in [1.29, 1.82) is 0 Å². The van der Waals surface area contributed by atoms with Crippen molar-refractivity contribution in [3.05, 3.63) is 6.10 Å². The Morgan fingerprint density at radius 3 is 1.71 bits per heavy atom. The average molecular weight is 101 g/mol. The van der Waals surface area contributed by atoms with Gasteiger partial charge < -0.3 is 4.74 Å². The number of hydrogen-bond donors (Lipinski definition) is 0. The fourth-order valence-electron chi connectivity index (χ4n) is 0.539. The molecule has 0 N–H and O–H groups in total. The van der Waals surface area contributed by atoms with Crippen LogP contribution in [0.15, 0.2) is 0 Å². The van der Waals surface area contributed by atoms with E-state index >= 15 is 0 Å². The van der Waals surface area contributed by atoms with Gasteiger partial charge in [-0.05, 0) is 12.8 Å². The Morgan fingerprint density at radius 1 is 1.29 bits per heavy atom. The van der Waals surface area contributed by atoms with Gasteiger partial charge in [0.15, 0.2) is 0 Å². The summed E-state index contributed by atoms with van der Waals surface area (Å²) >= 11 is 0. The van der Waals surface area contributed by atoms with Crippen LogP contribution >= 0.6 is 0 Å². The van der Waals surface area contributed by atoms with E-state index in [-0.39, 0.29) is 0 Å². The second-order valence-electron chi connectivity index (χ2n) is 1.45. The lowest BCUT2D eigenvalue weighted by atomic mass is 10.2. The van der Waals surface area contributed by atoms with Crippen molar-refractivity contribution in [2.24, 2.45) is 0 Å². The van der Waals surface area contributed by atoms with Crippen LogP contribution in [0, 0.1) is 6.10 Å². The van der Waals surface area contributed by atoms with Gasteiger partial charge in [0.2, 0.25) is 0 Å². The molecule has 0 atom stereocenters. The minimum atomic E-state index is 1.05. The van der Waals surface area contributed by atoms with E-state index in [1.807, 2.05) is 0 Å². The molecule has 0 aromatic heterocycles. The number of hydrogen-bond acceptors (Lipinski definition) is 1. The van der Waals surface area contributed by atoms with E-state index in [1.54, 1.807) is 7.11 Å². The summed E-state index contributed by atoms with van der Waals surface area (Å²) in [5, 5.41) is 0. The van der Waals surface area contributed by atoms with E-state index in [0.29, 0.717) is 0 Å². The molecule has 1 nitrogen and oxygen atoms in total. The first-order valence-electron chi connectivity index (χ1n) is 2.73. The lowest BCUT2D eigenvalue weighted by molar-refractivity contribution is 0.192. The van der Waals surface area contributed by atoms with Gasteiger partial charge >= 0.3 is 0 Å². The Balaban J connectivity index is 2.99. The normalized spacial score (nSPS) is 10.3. The fourth-order valence-corrected chi connectivity index (χ4v) is 0.539. The summed E-state index contributed by atoms with van der Waals surface area (Å²) in [7, 11) is 1.72. The molecule has 0 aromatic rings. The highest BCUT2D eigenvalue weighted by atomic mass is 16.5. The molecule has 0 aromatic carbocycles. The molecule has 1 heteroatoms. The molecule has 0 aliphatic rings. The molecule has 1 radical (unpaired) electrons. The van der Waals surface area contributed by atoms with E-state index < -0.39 is 0 Å². The zero-order chi connectivity index (χ0) is 5.70. The minimum Gasteiger partial charge on any atom is -0.375 e. The molecule has 43 valence electrons. The average Bonchev–Trinajstić information content (AvgIpc) is 1.72. The summed E-state index contributed by atoms with van der Waals surface area (Å²) in [6.07, 6.45) is 3.28. The molecule has 0 saturated heterocycles. The highest BCUT2D eigenvalue weighted by Gasteiger charge is 1.97. The quantitative estimate of drug-likeness (QED) is 0.528. The van der Waals surface area contributed by atoms with Crippen molar-refractivity contribution < 1.29 is 4.74 Å². The summed E-state index contributed by atoms with van der Waals surface area (Å²) in [5.74, 6) is 0. The van der Waals surface area contributed by atoms with Crippen LogP contribution in [0.2, 0.25) is 0 Å². The lowest BCUT2D eigenvalue weighted by Crippen LogP contribution is -1.94. The molecule has 0 aliphatic carbocycles.